The minimum absolute atomic E-state index is 0.0121. The number of hydrogen-bond acceptors (Lipinski definition) is 5. The van der Waals surface area contributed by atoms with Crippen molar-refractivity contribution < 1.29 is 23.4 Å². The van der Waals surface area contributed by atoms with E-state index in [1.54, 1.807) is 18.3 Å². The standard InChI is InChI=1S/C27H35F2N3O3/c1-16(2)25(29)19-11-21-22(13-27(8-3-9-27)35-26(21)32-14-19)31-15-23(33)18(12-24(30)34)10-17-4-6-20(28)7-5-17/h4-7,11,14,16,18,22-23,25,31,33H,3,8-10,12-13,15H2,1-2H3,(H2,30,34)/t18-,22-,23-,25+/m0/s1. The minimum atomic E-state index is -1.13. The van der Waals surface area contributed by atoms with Gasteiger partial charge in [-0.3, -0.25) is 4.79 Å². The maximum Gasteiger partial charge on any atom is 0.218 e. The first-order valence-corrected chi connectivity index (χ1v) is 12.4. The van der Waals surface area contributed by atoms with E-state index in [9.17, 15) is 18.7 Å². The Morgan fingerprint density at radius 2 is 2.03 bits per heavy atom. The van der Waals surface area contributed by atoms with Gasteiger partial charge in [-0.25, -0.2) is 13.8 Å². The maximum absolute atomic E-state index is 14.7. The number of nitrogens with one attached hydrogen (secondary N) is 1. The molecule has 1 aliphatic heterocycles. The molecule has 4 N–H and O–H groups in total. The van der Waals surface area contributed by atoms with E-state index in [0.29, 0.717) is 24.3 Å². The first kappa shape index (κ1) is 25.5. The van der Waals surface area contributed by atoms with Gasteiger partial charge in [0.1, 0.15) is 17.6 Å². The van der Waals surface area contributed by atoms with Gasteiger partial charge in [-0.15, -0.1) is 0 Å². The number of rotatable bonds is 10. The number of hydrogen-bond donors (Lipinski definition) is 3. The van der Waals surface area contributed by atoms with E-state index < -0.39 is 24.1 Å². The predicted molar refractivity (Wildman–Crippen MR) is 129 cm³/mol. The van der Waals surface area contributed by atoms with E-state index in [1.807, 2.05) is 19.9 Å². The zero-order chi connectivity index (χ0) is 25.2. The third-order valence-electron chi connectivity index (χ3n) is 7.33. The second-order valence-corrected chi connectivity index (χ2v) is 10.4. The van der Waals surface area contributed by atoms with Gasteiger partial charge in [0.05, 0.1) is 6.10 Å². The second-order valence-electron chi connectivity index (χ2n) is 10.4. The van der Waals surface area contributed by atoms with Crippen molar-refractivity contribution in [2.24, 2.45) is 17.6 Å². The molecule has 2 aromatic rings. The van der Waals surface area contributed by atoms with Crippen LogP contribution in [-0.4, -0.2) is 34.2 Å². The lowest BCUT2D eigenvalue weighted by molar-refractivity contribution is -0.119. The number of fused-ring (bicyclic) bond motifs is 1. The Morgan fingerprint density at radius 3 is 2.63 bits per heavy atom. The van der Waals surface area contributed by atoms with Crippen LogP contribution in [0.25, 0.3) is 0 Å². The third kappa shape index (κ3) is 5.98. The lowest BCUT2D eigenvalue weighted by atomic mass is 9.73. The average molecular weight is 488 g/mol. The lowest BCUT2D eigenvalue weighted by Gasteiger charge is -2.47. The zero-order valence-corrected chi connectivity index (χ0v) is 20.3. The number of aliphatic hydroxyl groups excluding tert-OH is 1. The smallest absolute Gasteiger partial charge is 0.218 e. The van der Waals surface area contributed by atoms with Gasteiger partial charge in [-0.2, -0.15) is 0 Å². The normalized spacial score (nSPS) is 21.0. The molecule has 0 saturated heterocycles. The van der Waals surface area contributed by atoms with Crippen LogP contribution in [0.2, 0.25) is 0 Å². The number of pyridine rings is 1. The highest BCUT2D eigenvalue weighted by atomic mass is 19.1. The molecule has 2 heterocycles. The topological polar surface area (TPSA) is 97.5 Å². The van der Waals surface area contributed by atoms with Crippen LogP contribution >= 0.6 is 0 Å². The third-order valence-corrected chi connectivity index (χ3v) is 7.33. The molecule has 8 heteroatoms. The fourth-order valence-electron chi connectivity index (χ4n) is 5.10. The molecule has 1 fully saturated rings. The summed E-state index contributed by atoms with van der Waals surface area (Å²) in [6, 6.07) is 7.67. The highest BCUT2D eigenvalue weighted by Gasteiger charge is 2.46. The molecule has 1 spiro atoms. The molecule has 190 valence electrons. The summed E-state index contributed by atoms with van der Waals surface area (Å²) in [6.07, 6.45) is 3.62. The predicted octanol–water partition coefficient (Wildman–Crippen LogP) is 4.32. The van der Waals surface area contributed by atoms with Crippen LogP contribution in [-0.2, 0) is 11.2 Å². The van der Waals surface area contributed by atoms with Crippen LogP contribution < -0.4 is 15.8 Å². The number of aromatic nitrogens is 1. The Kier molecular flexibility index (Phi) is 7.71. The van der Waals surface area contributed by atoms with Gasteiger partial charge < -0.3 is 20.9 Å². The molecule has 4 rings (SSSR count). The number of nitrogens with two attached hydrogens (primary N) is 1. The van der Waals surface area contributed by atoms with Crippen LogP contribution in [0.4, 0.5) is 8.78 Å². The van der Waals surface area contributed by atoms with E-state index in [-0.39, 0.29) is 36.3 Å². The number of amides is 1. The first-order valence-electron chi connectivity index (χ1n) is 12.4. The summed E-state index contributed by atoms with van der Waals surface area (Å²) in [6.45, 7) is 3.87. The van der Waals surface area contributed by atoms with Crippen molar-refractivity contribution in [3.05, 3.63) is 59.0 Å². The second kappa shape index (κ2) is 10.6. The lowest BCUT2D eigenvalue weighted by Crippen LogP contribution is -2.50. The summed E-state index contributed by atoms with van der Waals surface area (Å²) in [5.74, 6) is -0.929. The van der Waals surface area contributed by atoms with Crippen molar-refractivity contribution >= 4 is 5.91 Å². The molecule has 1 aliphatic carbocycles. The Bertz CT molecular complexity index is 1030. The number of ether oxygens (including phenoxy) is 1. The molecule has 6 nitrogen and oxygen atoms in total. The molecular formula is C27H35F2N3O3. The Morgan fingerprint density at radius 1 is 1.31 bits per heavy atom. The molecule has 0 radical (unpaired) electrons. The molecule has 1 amide bonds. The highest BCUT2D eigenvalue weighted by molar-refractivity contribution is 5.74. The van der Waals surface area contributed by atoms with Crippen LogP contribution in [0.3, 0.4) is 0 Å². The van der Waals surface area contributed by atoms with Crippen LogP contribution in [0, 0.1) is 17.7 Å². The summed E-state index contributed by atoms with van der Waals surface area (Å²) in [5.41, 5.74) is 7.30. The quantitative estimate of drug-likeness (QED) is 0.464. The molecule has 0 bridgehead atoms. The van der Waals surface area contributed by atoms with E-state index in [0.717, 1.165) is 30.4 Å². The van der Waals surface area contributed by atoms with Gasteiger partial charge >= 0.3 is 0 Å². The minimum Gasteiger partial charge on any atom is -0.471 e. The van der Waals surface area contributed by atoms with Crippen LogP contribution in [0.1, 0.15) is 74.9 Å². The van der Waals surface area contributed by atoms with Crippen molar-refractivity contribution in [2.75, 3.05) is 6.54 Å². The van der Waals surface area contributed by atoms with Gasteiger partial charge in [-0.05, 0) is 61.3 Å². The van der Waals surface area contributed by atoms with Crippen molar-refractivity contribution in [1.82, 2.24) is 10.3 Å². The summed E-state index contributed by atoms with van der Waals surface area (Å²) in [7, 11) is 0. The Labute approximate surface area is 205 Å². The number of nitrogens with zero attached hydrogens (tertiary/aromatic N) is 1. The summed E-state index contributed by atoms with van der Waals surface area (Å²) < 4.78 is 34.3. The number of aliphatic hydroxyl groups is 1. The van der Waals surface area contributed by atoms with Gasteiger partial charge in [0.25, 0.3) is 0 Å². The highest BCUT2D eigenvalue weighted by Crippen LogP contribution is 2.48. The first-order chi connectivity index (χ1) is 16.7. The summed E-state index contributed by atoms with van der Waals surface area (Å²) >= 11 is 0. The number of benzene rings is 1. The number of alkyl halides is 1. The van der Waals surface area contributed by atoms with Crippen LogP contribution in [0.5, 0.6) is 5.88 Å². The van der Waals surface area contributed by atoms with Crippen molar-refractivity contribution in [1.29, 1.82) is 0 Å². The number of carbonyl (C=O) groups excluding carboxylic acids is 1. The van der Waals surface area contributed by atoms with Crippen molar-refractivity contribution in [2.45, 2.75) is 76.3 Å². The average Bonchev–Trinajstić information content (AvgIpc) is 2.80. The molecule has 1 aromatic heterocycles. The zero-order valence-electron chi connectivity index (χ0n) is 20.3. The SMILES string of the molecule is CC(C)[C@@H](F)c1cnc2c(c1)[C@@H](NC[C@H](O)[C@H](CC(N)=O)Cc1ccc(F)cc1)CC1(CCC1)O2. The van der Waals surface area contributed by atoms with E-state index in [4.69, 9.17) is 10.5 Å². The Hall–Kier alpha value is -2.58. The van der Waals surface area contributed by atoms with Gasteiger partial charge in [0.2, 0.25) is 11.8 Å². The number of halogens is 2. The van der Waals surface area contributed by atoms with Crippen LogP contribution in [0.15, 0.2) is 36.5 Å². The molecule has 1 saturated carbocycles. The monoisotopic (exact) mass is 487 g/mol. The molecular weight excluding hydrogens is 452 g/mol. The van der Waals surface area contributed by atoms with Gasteiger partial charge in [0, 0.05) is 42.8 Å². The summed E-state index contributed by atoms with van der Waals surface area (Å²) in [4.78, 5) is 16.1. The maximum atomic E-state index is 14.7. The molecule has 0 unspecified atom stereocenters. The fraction of sp³-hybridized carbons (Fsp3) is 0.556. The van der Waals surface area contributed by atoms with Gasteiger partial charge in [-0.1, -0.05) is 26.0 Å². The van der Waals surface area contributed by atoms with Crippen molar-refractivity contribution in [3.63, 3.8) is 0 Å². The molecule has 1 aromatic carbocycles. The molecule has 35 heavy (non-hydrogen) atoms. The Balaban J connectivity index is 1.50. The molecule has 2 aliphatic rings. The number of primary amides is 1. The fourth-order valence-corrected chi connectivity index (χ4v) is 5.10. The van der Waals surface area contributed by atoms with E-state index in [2.05, 4.69) is 10.3 Å². The van der Waals surface area contributed by atoms with Crippen molar-refractivity contribution in [3.8, 4) is 5.88 Å². The largest absolute Gasteiger partial charge is 0.471 e. The van der Waals surface area contributed by atoms with E-state index >= 15 is 0 Å². The molecule has 4 atom stereocenters. The number of carbonyl (C=O) groups is 1. The van der Waals surface area contributed by atoms with Gasteiger partial charge in [0.15, 0.2) is 0 Å². The van der Waals surface area contributed by atoms with E-state index in [1.165, 1.54) is 12.1 Å². The summed E-state index contributed by atoms with van der Waals surface area (Å²) in [5, 5.41) is 14.5.